The van der Waals surface area contributed by atoms with Gasteiger partial charge in [0.1, 0.15) is 0 Å². The van der Waals surface area contributed by atoms with Gasteiger partial charge in [0.25, 0.3) is 0 Å². The third-order valence-corrected chi connectivity index (χ3v) is 14.4. The van der Waals surface area contributed by atoms with E-state index in [1.807, 2.05) is 0 Å². The van der Waals surface area contributed by atoms with Gasteiger partial charge in [-0.25, -0.2) is 0 Å². The van der Waals surface area contributed by atoms with Crippen molar-refractivity contribution in [2.24, 2.45) is 0 Å². The van der Waals surface area contributed by atoms with Crippen molar-refractivity contribution >= 4 is 45.9 Å². The van der Waals surface area contributed by atoms with Crippen molar-refractivity contribution in [3.05, 3.63) is 224 Å². The molecule has 0 heterocycles. The summed E-state index contributed by atoms with van der Waals surface area (Å²) < 4.78 is 0. The second-order valence-corrected chi connectivity index (χ2v) is 16.3. The normalized spacial score (nSPS) is 11.2. The lowest BCUT2D eigenvalue weighted by Gasteiger charge is -2.35. The molecule has 0 saturated heterocycles. The van der Waals surface area contributed by atoms with E-state index in [4.69, 9.17) is 0 Å². The van der Waals surface area contributed by atoms with Crippen LogP contribution in [-0.2, 0) is 0 Å². The van der Waals surface area contributed by atoms with Crippen LogP contribution in [0.1, 0.15) is 0 Å². The molecule has 50 heavy (non-hydrogen) atoms. The lowest BCUT2D eigenvalue weighted by atomic mass is 10.0. The Bertz CT molecular complexity index is 2170. The summed E-state index contributed by atoms with van der Waals surface area (Å²) in [6, 6.07) is 81.7. The first kappa shape index (κ1) is 31.1. The van der Waals surface area contributed by atoms with Gasteiger partial charge in [-0.05, 0) is 67.8 Å². The molecule has 0 bridgehead atoms. The number of hydrogen-bond acceptors (Lipinski definition) is 1. The largest absolute Gasteiger partial charge is 0.310 e. The van der Waals surface area contributed by atoms with Crippen LogP contribution in [0.25, 0.3) is 22.3 Å². The summed E-state index contributed by atoms with van der Waals surface area (Å²) in [5.41, 5.74) is 8.14. The lowest BCUT2D eigenvalue weighted by molar-refractivity contribution is 1.28. The third-order valence-electron chi connectivity index (χ3n) is 9.64. The van der Waals surface area contributed by atoms with Gasteiger partial charge in [-0.1, -0.05) is 194 Å². The topological polar surface area (TPSA) is 3.24 Å². The quantitative estimate of drug-likeness (QED) is 0.111. The minimum atomic E-state index is -2.64. The summed E-state index contributed by atoms with van der Waals surface area (Å²) in [5.74, 6) is 0. The zero-order valence-electron chi connectivity index (χ0n) is 27.8. The molecule has 0 aliphatic rings. The van der Waals surface area contributed by atoms with Crippen molar-refractivity contribution < 1.29 is 0 Å². The molecular weight excluding hydrogens is 619 g/mol. The van der Waals surface area contributed by atoms with E-state index in [-0.39, 0.29) is 0 Å². The van der Waals surface area contributed by atoms with E-state index in [0.717, 1.165) is 17.1 Å². The molecule has 238 valence electrons. The zero-order chi connectivity index (χ0) is 33.6. The first-order chi connectivity index (χ1) is 24.8. The number of para-hydroxylation sites is 1. The van der Waals surface area contributed by atoms with E-state index in [9.17, 15) is 0 Å². The van der Waals surface area contributed by atoms with Gasteiger partial charge in [-0.2, -0.15) is 0 Å². The summed E-state index contributed by atoms with van der Waals surface area (Å²) >= 11 is 0. The van der Waals surface area contributed by atoms with Crippen molar-refractivity contribution in [3.63, 3.8) is 0 Å². The second-order valence-electron chi connectivity index (χ2n) is 12.5. The van der Waals surface area contributed by atoms with Gasteiger partial charge in [0.15, 0.2) is 8.07 Å². The highest BCUT2D eigenvalue weighted by Crippen LogP contribution is 2.41. The van der Waals surface area contributed by atoms with E-state index >= 15 is 0 Å². The van der Waals surface area contributed by atoms with Gasteiger partial charge in [-0.15, -0.1) is 0 Å². The number of anilines is 3. The van der Waals surface area contributed by atoms with Crippen LogP contribution in [0.4, 0.5) is 17.1 Å². The fraction of sp³-hybridized carbons (Fsp3) is 0. The van der Waals surface area contributed by atoms with E-state index in [2.05, 4.69) is 229 Å². The van der Waals surface area contributed by atoms with E-state index in [0.29, 0.717) is 0 Å². The van der Waals surface area contributed by atoms with Crippen molar-refractivity contribution in [3.8, 4) is 22.3 Å². The molecule has 2 heteroatoms. The fourth-order valence-electron chi connectivity index (χ4n) is 7.32. The Morgan fingerprint density at radius 3 is 1.08 bits per heavy atom. The summed E-state index contributed by atoms with van der Waals surface area (Å²) in [7, 11) is -2.64. The molecule has 0 aliphatic carbocycles. The van der Waals surface area contributed by atoms with Crippen molar-refractivity contribution in [1.29, 1.82) is 0 Å². The molecule has 0 atom stereocenters. The molecule has 8 aromatic carbocycles. The predicted molar refractivity (Wildman–Crippen MR) is 216 cm³/mol. The highest BCUT2D eigenvalue weighted by Gasteiger charge is 2.41. The van der Waals surface area contributed by atoms with Crippen LogP contribution in [0, 0.1) is 0 Å². The average molecular weight is 656 g/mol. The van der Waals surface area contributed by atoms with Crippen molar-refractivity contribution in [2.75, 3.05) is 4.90 Å². The Labute approximate surface area is 296 Å². The average Bonchev–Trinajstić information content (AvgIpc) is 3.21. The predicted octanol–water partition coefficient (Wildman–Crippen LogP) is 9.87. The monoisotopic (exact) mass is 655 g/mol. The van der Waals surface area contributed by atoms with Crippen molar-refractivity contribution in [1.82, 2.24) is 0 Å². The first-order valence-electron chi connectivity index (χ1n) is 17.2. The number of hydrogen-bond donors (Lipinski definition) is 0. The summed E-state index contributed by atoms with van der Waals surface area (Å²) in [6.07, 6.45) is 0. The van der Waals surface area contributed by atoms with Crippen LogP contribution < -0.4 is 25.6 Å². The van der Waals surface area contributed by atoms with E-state index < -0.39 is 8.07 Å². The highest BCUT2D eigenvalue weighted by molar-refractivity contribution is 7.19. The molecule has 0 amide bonds. The molecule has 0 spiro atoms. The maximum atomic E-state index is 2.40. The van der Waals surface area contributed by atoms with Crippen LogP contribution in [0.5, 0.6) is 0 Å². The van der Waals surface area contributed by atoms with Crippen LogP contribution in [0.3, 0.4) is 0 Å². The van der Waals surface area contributed by atoms with Gasteiger partial charge in [0, 0.05) is 16.9 Å². The lowest BCUT2D eigenvalue weighted by Crippen LogP contribution is -2.74. The molecule has 0 fully saturated rings. The smallest absolute Gasteiger partial charge is 0.179 e. The highest BCUT2D eigenvalue weighted by atomic mass is 28.3. The zero-order valence-corrected chi connectivity index (χ0v) is 28.8. The van der Waals surface area contributed by atoms with Crippen LogP contribution in [-0.4, -0.2) is 8.07 Å². The van der Waals surface area contributed by atoms with E-state index in [1.54, 1.807) is 0 Å². The Morgan fingerprint density at radius 1 is 0.260 bits per heavy atom. The summed E-state index contributed by atoms with van der Waals surface area (Å²) in [4.78, 5) is 2.40. The minimum Gasteiger partial charge on any atom is -0.310 e. The molecule has 0 aliphatic heterocycles. The van der Waals surface area contributed by atoms with E-state index in [1.165, 1.54) is 43.0 Å². The Hall–Kier alpha value is -6.22. The standard InChI is InChI=1S/C48H37NSi/c1-6-18-38(19-7-1)39-30-32-41(33-31-39)49(48-29-17-16-28-47(48)40-20-8-2-9-21-40)42-34-36-46(37-35-42)50(43-22-10-3-11-23-43,44-24-12-4-13-25-44)45-26-14-5-15-27-45/h1-37H. The SMILES string of the molecule is c1ccc(-c2ccc(N(c3ccc([Si](c4ccccc4)(c4ccccc4)c4ccccc4)cc3)c3ccccc3-c3ccccc3)cc2)cc1. The molecule has 0 unspecified atom stereocenters. The third kappa shape index (κ3) is 5.87. The maximum Gasteiger partial charge on any atom is 0.179 e. The molecule has 0 radical (unpaired) electrons. The summed E-state index contributed by atoms with van der Waals surface area (Å²) in [6.45, 7) is 0. The van der Waals surface area contributed by atoms with Crippen molar-refractivity contribution in [2.45, 2.75) is 0 Å². The van der Waals surface area contributed by atoms with Gasteiger partial charge in [-0.3, -0.25) is 0 Å². The summed E-state index contributed by atoms with van der Waals surface area (Å²) in [5, 5.41) is 5.45. The van der Waals surface area contributed by atoms with Crippen LogP contribution in [0.2, 0.25) is 0 Å². The number of rotatable bonds is 9. The maximum absolute atomic E-state index is 2.64. The Morgan fingerprint density at radius 2 is 0.600 bits per heavy atom. The second kappa shape index (κ2) is 14.1. The molecule has 1 nitrogen and oxygen atoms in total. The number of nitrogens with zero attached hydrogens (tertiary/aromatic N) is 1. The fourth-order valence-corrected chi connectivity index (χ4v) is 12.1. The molecular formula is C48H37NSi. The minimum absolute atomic E-state index is 1.11. The van der Waals surface area contributed by atoms with Gasteiger partial charge in [0.2, 0.25) is 0 Å². The van der Waals surface area contributed by atoms with Gasteiger partial charge in [0.05, 0.1) is 5.69 Å². The first-order valence-corrected chi connectivity index (χ1v) is 19.2. The molecule has 0 saturated carbocycles. The number of benzene rings is 8. The Balaban J connectivity index is 1.31. The molecule has 8 rings (SSSR count). The van der Waals surface area contributed by atoms with Gasteiger partial charge >= 0.3 is 0 Å². The van der Waals surface area contributed by atoms with Gasteiger partial charge < -0.3 is 4.90 Å². The van der Waals surface area contributed by atoms with Crippen LogP contribution >= 0.6 is 0 Å². The Kier molecular flexibility index (Phi) is 8.76. The molecule has 0 aromatic heterocycles. The molecule has 8 aromatic rings. The molecule has 0 N–H and O–H groups in total. The van der Waals surface area contributed by atoms with Crippen LogP contribution in [0.15, 0.2) is 224 Å².